The van der Waals surface area contributed by atoms with Crippen LogP contribution in [0.1, 0.15) is 83.0 Å². The highest BCUT2D eigenvalue weighted by Gasteiger charge is 2.39. The molecule has 0 aromatic heterocycles. The molecule has 42 heavy (non-hydrogen) atoms. The lowest BCUT2D eigenvalue weighted by Crippen LogP contribution is -2.45. The lowest BCUT2D eigenvalue weighted by molar-refractivity contribution is -0.253. The van der Waals surface area contributed by atoms with Crippen LogP contribution < -0.4 is 5.32 Å². The van der Waals surface area contributed by atoms with Crippen molar-refractivity contribution >= 4 is 23.5 Å². The minimum atomic E-state index is -0.942. The first-order valence-electron chi connectivity index (χ1n) is 14.5. The summed E-state index contributed by atoms with van der Waals surface area (Å²) in [4.78, 5) is 38.9. The number of rotatable bonds is 9. The van der Waals surface area contributed by atoms with Crippen LogP contribution >= 0.6 is 0 Å². The number of hydrogen-bond donors (Lipinski definition) is 2. The number of carbonyl (C=O) groups excluding carboxylic acids is 3. The van der Waals surface area contributed by atoms with E-state index in [1.807, 2.05) is 51.1 Å². The van der Waals surface area contributed by atoms with Gasteiger partial charge in [-0.1, -0.05) is 36.4 Å². The lowest BCUT2D eigenvalue weighted by atomic mass is 9.99. The summed E-state index contributed by atoms with van der Waals surface area (Å²) < 4.78 is 23.6. The van der Waals surface area contributed by atoms with E-state index in [-0.39, 0.29) is 30.8 Å². The zero-order chi connectivity index (χ0) is 30.4. The van der Waals surface area contributed by atoms with Gasteiger partial charge in [0.2, 0.25) is 0 Å². The van der Waals surface area contributed by atoms with Crippen molar-refractivity contribution < 1.29 is 38.4 Å². The SMILES string of the molecule is CC(=O)O[C@@H](C)C(=O)Nc1cccc([C@@H]2O[C@H](CN3CCC[C@H]3C(=O)OC(C)(C)C)C[C@H](c3ccc(CO)cc3)O2)c1. The van der Waals surface area contributed by atoms with Crippen molar-refractivity contribution in [3.8, 4) is 0 Å². The largest absolute Gasteiger partial charge is 0.459 e. The van der Waals surface area contributed by atoms with Crippen LogP contribution in [-0.4, -0.2) is 64.8 Å². The molecule has 2 saturated heterocycles. The zero-order valence-electron chi connectivity index (χ0n) is 25.0. The molecule has 2 aromatic rings. The van der Waals surface area contributed by atoms with Gasteiger partial charge in [0.05, 0.1) is 18.8 Å². The normalized spacial score (nSPS) is 23.7. The first kappa shape index (κ1) is 31.6. The standard InChI is InChI=1S/C32H42N2O8/c1-20(39-21(2)36)29(37)33-25-9-6-8-24(16-25)31-40-26(17-28(41-31)23-13-11-22(19-35)12-14-23)18-34-15-7-10-27(34)30(38)42-32(3,4)5/h6,8-9,11-14,16,20,26-28,31,35H,7,10,15,17-19H2,1-5H3,(H,33,37)/t20-,26-,27-,28+,31+/m0/s1. The van der Waals surface area contributed by atoms with E-state index in [2.05, 4.69) is 10.2 Å². The van der Waals surface area contributed by atoms with Gasteiger partial charge in [-0.3, -0.25) is 19.3 Å². The Balaban J connectivity index is 1.54. The fourth-order valence-electron chi connectivity index (χ4n) is 5.29. The van der Waals surface area contributed by atoms with Crippen molar-refractivity contribution in [3.63, 3.8) is 0 Å². The van der Waals surface area contributed by atoms with E-state index in [1.54, 1.807) is 18.2 Å². The number of benzene rings is 2. The number of esters is 2. The van der Waals surface area contributed by atoms with Crippen LogP contribution in [0, 0.1) is 0 Å². The number of aliphatic hydroxyl groups is 1. The zero-order valence-corrected chi connectivity index (χ0v) is 25.0. The quantitative estimate of drug-likeness (QED) is 0.414. The van der Waals surface area contributed by atoms with Crippen LogP contribution in [0.25, 0.3) is 0 Å². The maximum Gasteiger partial charge on any atom is 0.323 e. The molecule has 0 saturated carbocycles. The van der Waals surface area contributed by atoms with E-state index < -0.39 is 29.9 Å². The van der Waals surface area contributed by atoms with E-state index in [1.165, 1.54) is 13.8 Å². The summed E-state index contributed by atoms with van der Waals surface area (Å²) in [5.74, 6) is -1.20. The van der Waals surface area contributed by atoms with Gasteiger partial charge in [0.25, 0.3) is 5.91 Å². The Kier molecular flexibility index (Phi) is 10.4. The molecule has 1 amide bonds. The molecule has 2 aliphatic heterocycles. The molecular formula is C32H42N2O8. The van der Waals surface area contributed by atoms with Crippen molar-refractivity contribution in [1.82, 2.24) is 4.90 Å². The van der Waals surface area contributed by atoms with Gasteiger partial charge >= 0.3 is 11.9 Å². The van der Waals surface area contributed by atoms with E-state index in [0.29, 0.717) is 24.2 Å². The molecule has 2 fully saturated rings. The maximum atomic E-state index is 13.0. The number of likely N-dealkylation sites (tertiary alicyclic amines) is 1. The number of nitrogens with one attached hydrogen (secondary N) is 1. The second-order valence-corrected chi connectivity index (χ2v) is 11.9. The van der Waals surface area contributed by atoms with E-state index in [9.17, 15) is 19.5 Å². The van der Waals surface area contributed by atoms with E-state index >= 15 is 0 Å². The van der Waals surface area contributed by atoms with Gasteiger partial charge in [-0.2, -0.15) is 0 Å². The van der Waals surface area contributed by atoms with Gasteiger partial charge in [0.1, 0.15) is 11.6 Å². The van der Waals surface area contributed by atoms with Crippen LogP contribution in [0.5, 0.6) is 0 Å². The van der Waals surface area contributed by atoms with Crippen molar-refractivity contribution in [2.24, 2.45) is 0 Å². The molecular weight excluding hydrogens is 540 g/mol. The Bertz CT molecular complexity index is 1240. The van der Waals surface area contributed by atoms with Crippen LogP contribution in [0.4, 0.5) is 5.69 Å². The molecule has 4 rings (SSSR count). The third kappa shape index (κ3) is 8.61. The van der Waals surface area contributed by atoms with E-state index in [4.69, 9.17) is 18.9 Å². The molecule has 2 aliphatic rings. The first-order valence-corrected chi connectivity index (χ1v) is 14.5. The molecule has 5 atom stereocenters. The number of amides is 1. The molecule has 2 heterocycles. The fraction of sp³-hybridized carbons (Fsp3) is 0.531. The summed E-state index contributed by atoms with van der Waals surface area (Å²) in [6, 6.07) is 14.5. The Morgan fingerprint density at radius 2 is 1.83 bits per heavy atom. The third-order valence-corrected chi connectivity index (χ3v) is 7.23. The van der Waals surface area contributed by atoms with Gasteiger partial charge < -0.3 is 29.4 Å². The van der Waals surface area contributed by atoms with Gasteiger partial charge in [-0.15, -0.1) is 0 Å². The molecule has 0 spiro atoms. The van der Waals surface area contributed by atoms with Crippen molar-refractivity contribution in [1.29, 1.82) is 0 Å². The molecule has 2 aromatic carbocycles. The van der Waals surface area contributed by atoms with Gasteiger partial charge in [-0.05, 0) is 70.3 Å². The minimum absolute atomic E-state index is 0.0459. The number of anilines is 1. The number of nitrogens with zero attached hydrogens (tertiary/aromatic N) is 1. The molecule has 2 N–H and O–H groups in total. The summed E-state index contributed by atoms with van der Waals surface area (Å²) in [5, 5.41) is 12.3. The molecule has 0 aliphatic carbocycles. The highest BCUT2D eigenvalue weighted by molar-refractivity contribution is 5.95. The molecule has 10 heteroatoms. The molecule has 0 radical (unpaired) electrons. The van der Waals surface area contributed by atoms with Crippen molar-refractivity contribution in [2.75, 3.05) is 18.4 Å². The molecule has 0 unspecified atom stereocenters. The molecule has 228 valence electrons. The predicted octanol–water partition coefficient (Wildman–Crippen LogP) is 4.42. The van der Waals surface area contributed by atoms with Crippen LogP contribution in [0.15, 0.2) is 48.5 Å². The predicted molar refractivity (Wildman–Crippen MR) is 155 cm³/mol. The second-order valence-electron chi connectivity index (χ2n) is 11.9. The maximum absolute atomic E-state index is 13.0. The topological polar surface area (TPSA) is 124 Å². The van der Waals surface area contributed by atoms with E-state index in [0.717, 1.165) is 30.5 Å². The summed E-state index contributed by atoms with van der Waals surface area (Å²) >= 11 is 0. The van der Waals surface area contributed by atoms with Crippen LogP contribution in [0.2, 0.25) is 0 Å². The average molecular weight is 583 g/mol. The minimum Gasteiger partial charge on any atom is -0.459 e. The Hall–Kier alpha value is -3.31. The monoisotopic (exact) mass is 582 g/mol. The summed E-state index contributed by atoms with van der Waals surface area (Å²) in [7, 11) is 0. The van der Waals surface area contributed by atoms with Gasteiger partial charge in [0.15, 0.2) is 12.4 Å². The lowest BCUT2D eigenvalue weighted by Gasteiger charge is -2.38. The molecule has 10 nitrogen and oxygen atoms in total. The highest BCUT2D eigenvalue weighted by atomic mass is 16.7. The highest BCUT2D eigenvalue weighted by Crippen LogP contribution is 2.39. The summed E-state index contributed by atoms with van der Waals surface area (Å²) in [6.07, 6.45) is -0.0260. The molecule has 0 bridgehead atoms. The van der Waals surface area contributed by atoms with Gasteiger partial charge in [-0.25, -0.2) is 0 Å². The number of aliphatic hydroxyl groups excluding tert-OH is 1. The number of carbonyl (C=O) groups is 3. The summed E-state index contributed by atoms with van der Waals surface area (Å²) in [5.41, 5.74) is 2.42. The first-order chi connectivity index (χ1) is 19.9. The van der Waals surface area contributed by atoms with Crippen molar-refractivity contribution in [3.05, 3.63) is 65.2 Å². The second kappa shape index (κ2) is 13.8. The smallest absolute Gasteiger partial charge is 0.323 e. The Morgan fingerprint density at radius 1 is 1.10 bits per heavy atom. The Labute approximate surface area is 247 Å². The van der Waals surface area contributed by atoms with Gasteiger partial charge in [0, 0.05) is 31.1 Å². The van der Waals surface area contributed by atoms with Crippen molar-refractivity contribution in [2.45, 2.75) is 96.7 Å². The summed E-state index contributed by atoms with van der Waals surface area (Å²) in [6.45, 7) is 9.64. The third-order valence-electron chi connectivity index (χ3n) is 7.23. The van der Waals surface area contributed by atoms with Crippen LogP contribution in [-0.2, 0) is 39.9 Å². The number of hydrogen-bond acceptors (Lipinski definition) is 9. The average Bonchev–Trinajstić information content (AvgIpc) is 3.40. The Morgan fingerprint density at radius 3 is 2.50 bits per heavy atom. The van der Waals surface area contributed by atoms with Crippen LogP contribution in [0.3, 0.4) is 0 Å². The number of ether oxygens (including phenoxy) is 4. The fourth-order valence-corrected chi connectivity index (χ4v) is 5.29.